The molecule has 4 bridgehead atoms. The van der Waals surface area contributed by atoms with Gasteiger partial charge in [0.1, 0.15) is 5.75 Å². The number of carbonyl (C=O) groups excluding carboxylic acids is 1. The number of nitrogens with zero attached hydrogens (tertiary/aromatic N) is 1. The minimum atomic E-state index is -0.226. The van der Waals surface area contributed by atoms with Crippen LogP contribution in [0.15, 0.2) is 24.3 Å². The number of rotatable bonds is 4. The van der Waals surface area contributed by atoms with E-state index < -0.39 is 0 Å². The van der Waals surface area contributed by atoms with Gasteiger partial charge in [-0.1, -0.05) is 12.1 Å². The Morgan fingerprint density at radius 1 is 1.10 bits per heavy atom. The highest BCUT2D eigenvalue weighted by Gasteiger charge is 2.61. The summed E-state index contributed by atoms with van der Waals surface area (Å²) >= 11 is 1.71. The predicted molar refractivity (Wildman–Crippen MR) is 119 cm³/mol. The Kier molecular flexibility index (Phi) is 4.28. The number of thiazole rings is 1. The van der Waals surface area contributed by atoms with Crippen LogP contribution in [0.25, 0.3) is 0 Å². The Morgan fingerprint density at radius 2 is 1.83 bits per heavy atom. The molecule has 2 aromatic rings. The van der Waals surface area contributed by atoms with E-state index in [0.29, 0.717) is 11.8 Å². The van der Waals surface area contributed by atoms with Crippen molar-refractivity contribution in [3.8, 4) is 5.75 Å². The first-order valence-electron chi connectivity index (χ1n) is 11.5. The Morgan fingerprint density at radius 3 is 2.53 bits per heavy atom. The average Bonchev–Trinajstić information content (AvgIpc) is 3.15. The topological polar surface area (TPSA) is 51.2 Å². The number of aromatic nitrogens is 1. The van der Waals surface area contributed by atoms with E-state index in [9.17, 15) is 4.79 Å². The first-order valence-corrected chi connectivity index (χ1v) is 12.3. The molecule has 1 N–H and O–H groups in total. The molecular weight excluding hydrogens is 392 g/mol. The van der Waals surface area contributed by atoms with Crippen LogP contribution in [0.5, 0.6) is 5.75 Å². The van der Waals surface area contributed by atoms with E-state index in [1.165, 1.54) is 48.2 Å². The number of carbonyl (C=O) groups is 1. The molecule has 158 valence electrons. The van der Waals surface area contributed by atoms with Crippen molar-refractivity contribution in [2.75, 3.05) is 12.4 Å². The average molecular weight is 423 g/mol. The first-order chi connectivity index (χ1) is 14.6. The molecule has 4 saturated carbocycles. The highest BCUT2D eigenvalue weighted by atomic mass is 32.1. The van der Waals surface area contributed by atoms with E-state index in [4.69, 9.17) is 9.72 Å². The number of aryl methyl sites for hydroxylation is 2. The van der Waals surface area contributed by atoms with Gasteiger partial charge in [-0.2, -0.15) is 0 Å². The van der Waals surface area contributed by atoms with Crippen LogP contribution >= 0.6 is 11.3 Å². The highest BCUT2D eigenvalue weighted by molar-refractivity contribution is 7.15. The van der Waals surface area contributed by atoms with E-state index in [1.807, 2.05) is 0 Å². The fourth-order valence-electron chi connectivity index (χ4n) is 7.45. The SMILES string of the molecule is COc1ccc(C23C[C@@H]4C[C@@H](CC(C(=O)Nc5nc6c(s5)CCCC6)(C4)C2)C3)cc1. The van der Waals surface area contributed by atoms with Gasteiger partial charge in [-0.05, 0) is 99.2 Å². The first kappa shape index (κ1) is 18.9. The van der Waals surface area contributed by atoms with Gasteiger partial charge >= 0.3 is 0 Å². The lowest BCUT2D eigenvalue weighted by Crippen LogP contribution is -2.57. The molecule has 0 aliphatic heterocycles. The van der Waals surface area contributed by atoms with E-state index in [1.54, 1.807) is 18.4 Å². The molecule has 0 radical (unpaired) electrons. The van der Waals surface area contributed by atoms with E-state index >= 15 is 0 Å². The van der Waals surface area contributed by atoms with Crippen LogP contribution in [0.4, 0.5) is 5.13 Å². The van der Waals surface area contributed by atoms with Gasteiger partial charge in [0.05, 0.1) is 18.2 Å². The van der Waals surface area contributed by atoms with Crippen molar-refractivity contribution in [2.24, 2.45) is 17.3 Å². The summed E-state index contributed by atoms with van der Waals surface area (Å²) < 4.78 is 5.38. The third kappa shape index (κ3) is 2.92. The molecular formula is C25H30N2O2S. The number of ether oxygens (including phenoxy) is 1. The zero-order valence-corrected chi connectivity index (χ0v) is 18.5. The molecule has 5 heteroatoms. The van der Waals surface area contributed by atoms with Crippen LogP contribution in [0.3, 0.4) is 0 Å². The fraction of sp³-hybridized carbons (Fsp3) is 0.600. The van der Waals surface area contributed by atoms with Crippen molar-refractivity contribution in [2.45, 2.75) is 69.6 Å². The molecule has 4 atom stereocenters. The number of hydrogen-bond donors (Lipinski definition) is 1. The quantitative estimate of drug-likeness (QED) is 0.707. The van der Waals surface area contributed by atoms with Crippen LogP contribution in [0.1, 0.15) is 67.5 Å². The Labute approximate surface area is 182 Å². The molecule has 0 saturated heterocycles. The van der Waals surface area contributed by atoms with Crippen molar-refractivity contribution < 1.29 is 9.53 Å². The summed E-state index contributed by atoms with van der Waals surface area (Å²) in [7, 11) is 1.72. The van der Waals surface area contributed by atoms with Gasteiger partial charge in [0.25, 0.3) is 0 Å². The molecule has 1 amide bonds. The van der Waals surface area contributed by atoms with Crippen LogP contribution in [0, 0.1) is 17.3 Å². The van der Waals surface area contributed by atoms with Crippen molar-refractivity contribution in [3.63, 3.8) is 0 Å². The second-order valence-electron chi connectivity index (χ2n) is 10.3. The molecule has 1 heterocycles. The van der Waals surface area contributed by atoms with Crippen LogP contribution in [-0.4, -0.2) is 18.0 Å². The number of hydrogen-bond acceptors (Lipinski definition) is 4. The van der Waals surface area contributed by atoms with Gasteiger partial charge in [0.2, 0.25) is 5.91 Å². The van der Waals surface area contributed by atoms with E-state index in [2.05, 4.69) is 29.6 Å². The zero-order valence-electron chi connectivity index (χ0n) is 17.7. The third-order valence-corrected chi connectivity index (χ3v) is 9.38. The van der Waals surface area contributed by atoms with Gasteiger partial charge in [-0.25, -0.2) is 4.98 Å². The van der Waals surface area contributed by atoms with E-state index in [-0.39, 0.29) is 16.7 Å². The van der Waals surface area contributed by atoms with Crippen molar-refractivity contribution in [1.29, 1.82) is 0 Å². The highest BCUT2D eigenvalue weighted by Crippen LogP contribution is 2.66. The smallest absolute Gasteiger partial charge is 0.232 e. The van der Waals surface area contributed by atoms with Gasteiger partial charge in [0.15, 0.2) is 5.13 Å². The Hall–Kier alpha value is -1.88. The summed E-state index contributed by atoms with van der Waals surface area (Å²) in [5.41, 5.74) is 2.55. The minimum Gasteiger partial charge on any atom is -0.497 e. The number of benzene rings is 1. The van der Waals surface area contributed by atoms with Gasteiger partial charge in [-0.3, -0.25) is 4.79 Å². The molecule has 5 aliphatic rings. The molecule has 2 unspecified atom stereocenters. The summed E-state index contributed by atoms with van der Waals surface area (Å²) in [6.45, 7) is 0. The summed E-state index contributed by atoms with van der Waals surface area (Å²) in [5.74, 6) is 2.48. The maximum atomic E-state index is 13.7. The largest absolute Gasteiger partial charge is 0.497 e. The number of nitrogens with one attached hydrogen (secondary N) is 1. The Bertz CT molecular complexity index is 942. The maximum Gasteiger partial charge on any atom is 0.232 e. The lowest BCUT2D eigenvalue weighted by molar-refractivity contribution is -0.143. The lowest BCUT2D eigenvalue weighted by Gasteiger charge is -2.61. The maximum absolute atomic E-state index is 13.7. The number of methoxy groups -OCH3 is 1. The van der Waals surface area contributed by atoms with E-state index in [0.717, 1.165) is 43.0 Å². The molecule has 4 nitrogen and oxygen atoms in total. The zero-order chi connectivity index (χ0) is 20.3. The Balaban J connectivity index is 1.29. The molecule has 1 aromatic carbocycles. The normalized spacial score (nSPS) is 33.9. The second-order valence-corrected chi connectivity index (χ2v) is 11.4. The third-order valence-electron chi connectivity index (χ3n) is 8.31. The molecule has 1 aromatic heterocycles. The minimum absolute atomic E-state index is 0.149. The summed E-state index contributed by atoms with van der Waals surface area (Å²) in [6, 6.07) is 8.65. The molecule has 5 aliphatic carbocycles. The van der Waals surface area contributed by atoms with Crippen molar-refractivity contribution >= 4 is 22.4 Å². The summed E-state index contributed by atoms with van der Waals surface area (Å²) in [5, 5.41) is 4.13. The van der Waals surface area contributed by atoms with Crippen molar-refractivity contribution in [3.05, 3.63) is 40.4 Å². The molecule has 4 fully saturated rings. The van der Waals surface area contributed by atoms with Gasteiger partial charge in [-0.15, -0.1) is 11.3 Å². The van der Waals surface area contributed by atoms with Crippen molar-refractivity contribution in [1.82, 2.24) is 4.98 Å². The second kappa shape index (κ2) is 6.81. The molecule has 0 spiro atoms. The molecule has 30 heavy (non-hydrogen) atoms. The number of fused-ring (bicyclic) bond motifs is 1. The fourth-order valence-corrected chi connectivity index (χ4v) is 8.49. The predicted octanol–water partition coefficient (Wildman–Crippen LogP) is 5.51. The standard InChI is InChI=1S/C25H30N2O2S/c1-29-19-8-6-18(7-9-19)24-11-16-10-17(12-24)14-25(13-16,15-24)22(28)27-23-26-20-4-2-3-5-21(20)30-23/h6-9,16-17H,2-5,10-15H2,1H3,(H,26,27,28)/t16-,17+,24?,25?. The molecule has 7 rings (SSSR count). The van der Waals surface area contributed by atoms with Gasteiger partial charge in [0, 0.05) is 4.88 Å². The van der Waals surface area contributed by atoms with Crippen LogP contribution < -0.4 is 10.1 Å². The lowest BCUT2D eigenvalue weighted by atomic mass is 9.42. The van der Waals surface area contributed by atoms with Gasteiger partial charge < -0.3 is 10.1 Å². The summed E-state index contributed by atoms with van der Waals surface area (Å²) in [6.07, 6.45) is 11.5. The summed E-state index contributed by atoms with van der Waals surface area (Å²) in [4.78, 5) is 19.9. The number of amides is 1. The number of anilines is 1. The monoisotopic (exact) mass is 422 g/mol. The van der Waals surface area contributed by atoms with Crippen LogP contribution in [-0.2, 0) is 23.1 Å². The van der Waals surface area contributed by atoms with Crippen LogP contribution in [0.2, 0.25) is 0 Å².